The molecule has 1 N–H and O–H groups in total. The lowest BCUT2D eigenvalue weighted by molar-refractivity contribution is -0.123. The Hall–Kier alpha value is -4.26. The van der Waals surface area contributed by atoms with Crippen LogP contribution in [-0.4, -0.2) is 27.9 Å². The van der Waals surface area contributed by atoms with Gasteiger partial charge in [-0.3, -0.25) is 9.78 Å². The van der Waals surface area contributed by atoms with E-state index >= 15 is 0 Å². The Bertz CT molecular complexity index is 1210. The second-order valence-corrected chi connectivity index (χ2v) is 6.72. The van der Waals surface area contributed by atoms with E-state index in [1.54, 1.807) is 42.5 Å². The minimum Gasteiger partial charge on any atom is -0.457 e. The Morgan fingerprint density at radius 3 is 2.23 bits per heavy atom. The van der Waals surface area contributed by atoms with Crippen molar-refractivity contribution in [1.29, 1.82) is 0 Å². The van der Waals surface area contributed by atoms with E-state index in [4.69, 9.17) is 9.47 Å². The van der Waals surface area contributed by atoms with Gasteiger partial charge in [-0.1, -0.05) is 30.3 Å². The maximum Gasteiger partial charge on any atom is 0.359 e. The summed E-state index contributed by atoms with van der Waals surface area (Å²) < 4.78 is 11.0. The number of carbonyl (C=O) groups is 2. The molecule has 0 aliphatic heterocycles. The van der Waals surface area contributed by atoms with E-state index in [0.29, 0.717) is 22.5 Å². The van der Waals surface area contributed by atoms with Crippen LogP contribution in [0.3, 0.4) is 0 Å². The molecule has 1 heterocycles. The number of ether oxygens (including phenoxy) is 2. The fourth-order valence-corrected chi connectivity index (χ4v) is 2.80. The molecular weight excluding hydrogens is 394 g/mol. The van der Waals surface area contributed by atoms with E-state index in [-0.39, 0.29) is 5.69 Å². The number of fused-ring (bicyclic) bond motifs is 1. The van der Waals surface area contributed by atoms with Crippen molar-refractivity contribution in [2.24, 2.45) is 0 Å². The zero-order chi connectivity index (χ0) is 21.6. The third-order valence-electron chi connectivity index (χ3n) is 4.41. The highest BCUT2D eigenvalue weighted by Gasteiger charge is 2.20. The van der Waals surface area contributed by atoms with Crippen LogP contribution < -0.4 is 10.1 Å². The first kappa shape index (κ1) is 20.0. The second kappa shape index (κ2) is 9.04. The highest BCUT2D eigenvalue weighted by molar-refractivity contribution is 5.97. The highest BCUT2D eigenvalue weighted by Crippen LogP contribution is 2.22. The van der Waals surface area contributed by atoms with Crippen molar-refractivity contribution in [2.45, 2.75) is 13.0 Å². The first-order valence-corrected chi connectivity index (χ1v) is 9.65. The number of carbonyl (C=O) groups excluding carboxylic acids is 2. The Morgan fingerprint density at radius 1 is 0.839 bits per heavy atom. The molecule has 0 aliphatic carbocycles. The summed E-state index contributed by atoms with van der Waals surface area (Å²) in [6.07, 6.45) is 0.321. The van der Waals surface area contributed by atoms with Gasteiger partial charge in [-0.05, 0) is 55.5 Å². The largest absolute Gasteiger partial charge is 0.457 e. The molecule has 0 saturated carbocycles. The zero-order valence-electron chi connectivity index (χ0n) is 16.7. The molecule has 0 fully saturated rings. The molecule has 4 aromatic rings. The lowest BCUT2D eigenvalue weighted by Crippen LogP contribution is -2.30. The fourth-order valence-electron chi connectivity index (χ4n) is 2.80. The predicted octanol–water partition coefficient (Wildman–Crippen LogP) is 4.61. The van der Waals surface area contributed by atoms with Gasteiger partial charge in [-0.15, -0.1) is 0 Å². The van der Waals surface area contributed by atoms with Crippen LogP contribution in [0.5, 0.6) is 11.5 Å². The quantitative estimate of drug-likeness (QED) is 0.465. The molecule has 7 heteroatoms. The van der Waals surface area contributed by atoms with Crippen molar-refractivity contribution in [3.63, 3.8) is 0 Å². The summed E-state index contributed by atoms with van der Waals surface area (Å²) in [4.78, 5) is 33.2. The molecule has 0 aliphatic rings. The number of hydrogen-bond acceptors (Lipinski definition) is 6. The summed E-state index contributed by atoms with van der Waals surface area (Å²) in [5, 5.41) is 2.71. The van der Waals surface area contributed by atoms with Gasteiger partial charge < -0.3 is 14.8 Å². The minimum atomic E-state index is -1.01. The average Bonchev–Trinajstić information content (AvgIpc) is 2.80. The van der Waals surface area contributed by atoms with Crippen LogP contribution in [-0.2, 0) is 9.53 Å². The van der Waals surface area contributed by atoms with Crippen LogP contribution in [0.15, 0.2) is 85.1 Å². The van der Waals surface area contributed by atoms with Crippen molar-refractivity contribution in [1.82, 2.24) is 9.97 Å². The fraction of sp³-hybridized carbons (Fsp3) is 0.0833. The third kappa shape index (κ3) is 5.02. The van der Waals surface area contributed by atoms with Crippen molar-refractivity contribution in [3.05, 3.63) is 90.8 Å². The number of anilines is 1. The first-order chi connectivity index (χ1) is 15.1. The molecule has 1 amide bonds. The van der Waals surface area contributed by atoms with Crippen molar-refractivity contribution in [2.75, 3.05) is 5.32 Å². The van der Waals surface area contributed by atoms with Crippen LogP contribution in [0.1, 0.15) is 17.4 Å². The van der Waals surface area contributed by atoms with Crippen molar-refractivity contribution >= 4 is 28.6 Å². The summed E-state index contributed by atoms with van der Waals surface area (Å²) in [5.41, 5.74) is 1.84. The number of esters is 1. The molecular formula is C24H19N3O4. The second-order valence-electron chi connectivity index (χ2n) is 6.72. The van der Waals surface area contributed by atoms with E-state index in [1.807, 2.05) is 36.4 Å². The lowest BCUT2D eigenvalue weighted by Gasteiger charge is -2.13. The highest BCUT2D eigenvalue weighted by atomic mass is 16.5. The molecule has 154 valence electrons. The smallest absolute Gasteiger partial charge is 0.359 e. The van der Waals surface area contributed by atoms with Crippen LogP contribution in [0.2, 0.25) is 0 Å². The summed E-state index contributed by atoms with van der Waals surface area (Å²) >= 11 is 0. The monoisotopic (exact) mass is 413 g/mol. The molecule has 1 unspecified atom stereocenters. The van der Waals surface area contributed by atoms with Crippen LogP contribution in [0.4, 0.5) is 5.69 Å². The number of aromatic nitrogens is 2. The van der Waals surface area contributed by atoms with E-state index in [2.05, 4.69) is 15.3 Å². The number of benzene rings is 3. The van der Waals surface area contributed by atoms with Gasteiger partial charge >= 0.3 is 5.97 Å². The molecule has 1 aromatic heterocycles. The van der Waals surface area contributed by atoms with Crippen LogP contribution in [0, 0.1) is 0 Å². The van der Waals surface area contributed by atoms with Crippen molar-refractivity contribution in [3.8, 4) is 11.5 Å². The van der Waals surface area contributed by atoms with Gasteiger partial charge in [0, 0.05) is 5.69 Å². The number of nitrogens with zero attached hydrogens (tertiary/aromatic N) is 2. The summed E-state index contributed by atoms with van der Waals surface area (Å²) in [6.45, 7) is 1.49. The van der Waals surface area contributed by atoms with Gasteiger partial charge in [0.15, 0.2) is 11.8 Å². The lowest BCUT2D eigenvalue weighted by atomic mass is 10.2. The summed E-state index contributed by atoms with van der Waals surface area (Å²) in [7, 11) is 0. The maximum atomic E-state index is 12.4. The molecule has 0 spiro atoms. The zero-order valence-corrected chi connectivity index (χ0v) is 16.7. The summed E-state index contributed by atoms with van der Waals surface area (Å²) in [6, 6.07) is 23.5. The standard InChI is InChI=1S/C24H19N3O4/c1-16(30-24(29)22-15-25-20-9-5-6-10-21(20)27-22)23(28)26-17-11-13-19(14-12-17)31-18-7-3-2-4-8-18/h2-16H,1H3,(H,26,28). The Morgan fingerprint density at radius 2 is 1.48 bits per heavy atom. The van der Waals surface area contributed by atoms with E-state index < -0.39 is 18.0 Å². The molecule has 0 saturated heterocycles. The van der Waals surface area contributed by atoms with Gasteiger partial charge in [-0.25, -0.2) is 9.78 Å². The van der Waals surface area contributed by atoms with Crippen LogP contribution >= 0.6 is 0 Å². The molecule has 0 radical (unpaired) electrons. The molecule has 0 bridgehead atoms. The van der Waals surface area contributed by atoms with Crippen molar-refractivity contribution < 1.29 is 19.1 Å². The minimum absolute atomic E-state index is 0.0424. The van der Waals surface area contributed by atoms with Gasteiger partial charge in [0.05, 0.1) is 17.2 Å². The number of rotatable bonds is 6. The summed E-state index contributed by atoms with van der Waals surface area (Å²) in [5.74, 6) is 0.182. The van der Waals surface area contributed by atoms with Gasteiger partial charge in [0.25, 0.3) is 5.91 Å². The predicted molar refractivity (Wildman–Crippen MR) is 116 cm³/mol. The molecule has 3 aromatic carbocycles. The van der Waals surface area contributed by atoms with E-state index in [9.17, 15) is 9.59 Å². The maximum absolute atomic E-state index is 12.4. The Balaban J connectivity index is 1.34. The SMILES string of the molecule is CC(OC(=O)c1cnc2ccccc2n1)C(=O)Nc1ccc(Oc2ccccc2)cc1. The number of nitrogens with one attached hydrogen (secondary N) is 1. The van der Waals surface area contributed by atoms with Gasteiger partial charge in [-0.2, -0.15) is 0 Å². The number of para-hydroxylation sites is 3. The number of amides is 1. The Kier molecular flexibility index (Phi) is 5.84. The van der Waals surface area contributed by atoms with E-state index in [1.165, 1.54) is 13.1 Å². The van der Waals surface area contributed by atoms with Gasteiger partial charge in [0.1, 0.15) is 11.5 Å². The third-order valence-corrected chi connectivity index (χ3v) is 4.41. The number of hydrogen-bond donors (Lipinski definition) is 1. The van der Waals surface area contributed by atoms with Crippen LogP contribution in [0.25, 0.3) is 11.0 Å². The Labute approximate surface area is 178 Å². The topological polar surface area (TPSA) is 90.4 Å². The molecule has 7 nitrogen and oxygen atoms in total. The normalized spacial score (nSPS) is 11.5. The molecule has 4 rings (SSSR count). The molecule has 1 atom stereocenters. The average molecular weight is 413 g/mol. The van der Waals surface area contributed by atoms with Gasteiger partial charge in [0.2, 0.25) is 0 Å². The molecule has 31 heavy (non-hydrogen) atoms. The first-order valence-electron chi connectivity index (χ1n) is 9.65. The van der Waals surface area contributed by atoms with E-state index in [0.717, 1.165) is 5.75 Å².